The number of esters is 1. The van der Waals surface area contributed by atoms with E-state index in [0.29, 0.717) is 5.56 Å². The van der Waals surface area contributed by atoms with Gasteiger partial charge in [0.25, 0.3) is 0 Å². The zero-order valence-corrected chi connectivity index (χ0v) is 14.8. The van der Waals surface area contributed by atoms with Gasteiger partial charge in [-0.1, -0.05) is 12.1 Å². The van der Waals surface area contributed by atoms with Crippen LogP contribution in [0.1, 0.15) is 16.1 Å². The molecule has 0 aliphatic heterocycles. The van der Waals surface area contributed by atoms with Crippen molar-refractivity contribution in [1.29, 1.82) is 0 Å². The van der Waals surface area contributed by atoms with Gasteiger partial charge in [-0.25, -0.2) is 14.8 Å². The monoisotopic (exact) mass is 352 g/mol. The molecule has 0 bridgehead atoms. The molecule has 0 aliphatic rings. The van der Waals surface area contributed by atoms with E-state index in [1.54, 1.807) is 17.4 Å². The Bertz CT molecular complexity index is 1110. The highest BCUT2D eigenvalue weighted by Crippen LogP contribution is 2.35. The Balaban J connectivity index is 1.94. The summed E-state index contributed by atoms with van der Waals surface area (Å²) in [6.45, 7) is 2.02. The quantitative estimate of drug-likeness (QED) is 0.569. The first-order valence-corrected chi connectivity index (χ1v) is 8.58. The summed E-state index contributed by atoms with van der Waals surface area (Å²) in [5, 5.41) is 3.11. The SMILES string of the molecule is CNc1nc2cc(-c3cccc(C(=O)OC)c3)sc2n2c(C)cnc12. The van der Waals surface area contributed by atoms with Gasteiger partial charge in [-0.2, -0.15) is 0 Å². The molecule has 0 saturated carbocycles. The van der Waals surface area contributed by atoms with Gasteiger partial charge in [0.05, 0.1) is 12.7 Å². The lowest BCUT2D eigenvalue weighted by Gasteiger charge is -2.04. The number of nitrogens with zero attached hydrogens (tertiary/aromatic N) is 3. The van der Waals surface area contributed by atoms with Crippen LogP contribution in [-0.2, 0) is 4.74 Å². The number of ether oxygens (including phenoxy) is 1. The maximum atomic E-state index is 11.8. The van der Waals surface area contributed by atoms with Gasteiger partial charge in [0, 0.05) is 23.8 Å². The van der Waals surface area contributed by atoms with Crippen LogP contribution in [0.5, 0.6) is 0 Å². The number of nitrogens with one attached hydrogen (secondary N) is 1. The summed E-state index contributed by atoms with van der Waals surface area (Å²) >= 11 is 1.63. The highest BCUT2D eigenvalue weighted by molar-refractivity contribution is 7.21. The third kappa shape index (κ3) is 2.44. The number of carbonyl (C=O) groups excluding carboxylic acids is 1. The summed E-state index contributed by atoms with van der Waals surface area (Å²) in [5.74, 6) is 0.402. The molecule has 0 aliphatic carbocycles. The molecule has 0 amide bonds. The van der Waals surface area contributed by atoms with E-state index in [-0.39, 0.29) is 5.97 Å². The van der Waals surface area contributed by atoms with Crippen molar-refractivity contribution in [3.05, 3.63) is 47.8 Å². The number of rotatable bonds is 3. The van der Waals surface area contributed by atoms with Crippen LogP contribution in [0.15, 0.2) is 36.5 Å². The first kappa shape index (κ1) is 15.6. The molecule has 1 N–H and O–H groups in total. The molecule has 126 valence electrons. The number of anilines is 1. The highest BCUT2D eigenvalue weighted by atomic mass is 32.1. The van der Waals surface area contributed by atoms with Crippen molar-refractivity contribution < 1.29 is 9.53 Å². The highest BCUT2D eigenvalue weighted by Gasteiger charge is 2.15. The normalized spacial score (nSPS) is 11.2. The van der Waals surface area contributed by atoms with Crippen LogP contribution < -0.4 is 5.32 Å². The lowest BCUT2D eigenvalue weighted by Crippen LogP contribution is -2.00. The van der Waals surface area contributed by atoms with Crippen molar-refractivity contribution in [2.24, 2.45) is 0 Å². The van der Waals surface area contributed by atoms with Gasteiger partial charge >= 0.3 is 5.97 Å². The first-order valence-electron chi connectivity index (χ1n) is 7.76. The number of carbonyl (C=O) groups is 1. The average molecular weight is 352 g/mol. The molecule has 6 nitrogen and oxygen atoms in total. The van der Waals surface area contributed by atoms with Gasteiger partial charge in [-0.05, 0) is 30.7 Å². The van der Waals surface area contributed by atoms with Crippen LogP contribution >= 0.6 is 11.3 Å². The van der Waals surface area contributed by atoms with E-state index in [4.69, 9.17) is 4.74 Å². The molecule has 0 unspecified atom stereocenters. The second kappa shape index (κ2) is 5.86. The summed E-state index contributed by atoms with van der Waals surface area (Å²) in [7, 11) is 3.22. The van der Waals surface area contributed by atoms with Crippen LogP contribution in [0.3, 0.4) is 0 Å². The Morgan fingerprint density at radius 1 is 1.32 bits per heavy atom. The van der Waals surface area contributed by atoms with E-state index in [9.17, 15) is 4.79 Å². The molecule has 3 heterocycles. The van der Waals surface area contributed by atoms with Crippen molar-refractivity contribution in [2.45, 2.75) is 6.92 Å². The molecular weight excluding hydrogens is 336 g/mol. The molecule has 7 heteroatoms. The second-order valence-electron chi connectivity index (χ2n) is 5.64. The number of aromatic nitrogens is 3. The summed E-state index contributed by atoms with van der Waals surface area (Å²) in [4.78, 5) is 23.0. The molecule has 4 rings (SSSR count). The molecule has 1 aromatic carbocycles. The summed E-state index contributed by atoms with van der Waals surface area (Å²) in [5.41, 5.74) is 4.24. The van der Waals surface area contributed by atoms with Crippen molar-refractivity contribution in [1.82, 2.24) is 14.4 Å². The van der Waals surface area contributed by atoms with Gasteiger partial charge in [0.2, 0.25) is 0 Å². The zero-order chi connectivity index (χ0) is 17.6. The standard InChI is InChI=1S/C18H16N4O2S/c1-10-9-20-16-15(19-2)21-13-8-14(25-17(13)22(10)16)11-5-4-6-12(7-11)18(23)24-3/h4-9H,1-3H3,(H,19,21). The molecule has 25 heavy (non-hydrogen) atoms. The molecule has 4 aromatic rings. The predicted molar refractivity (Wildman–Crippen MR) is 99.4 cm³/mol. The Morgan fingerprint density at radius 2 is 2.16 bits per heavy atom. The minimum atomic E-state index is -0.341. The lowest BCUT2D eigenvalue weighted by atomic mass is 10.1. The van der Waals surface area contributed by atoms with E-state index in [0.717, 1.165) is 37.9 Å². The van der Waals surface area contributed by atoms with Crippen molar-refractivity contribution in [3.8, 4) is 10.4 Å². The van der Waals surface area contributed by atoms with Crippen LogP contribution in [0.25, 0.3) is 26.4 Å². The Kier molecular flexibility index (Phi) is 3.65. The third-order valence-corrected chi connectivity index (χ3v) is 5.24. The molecule has 0 radical (unpaired) electrons. The molecule has 0 spiro atoms. The Labute approximate surface area is 148 Å². The zero-order valence-electron chi connectivity index (χ0n) is 14.0. The van der Waals surface area contributed by atoms with Gasteiger partial charge < -0.3 is 10.1 Å². The number of methoxy groups -OCH3 is 1. The fraction of sp³-hybridized carbons (Fsp3) is 0.167. The number of hydrogen-bond donors (Lipinski definition) is 1. The van der Waals surface area contributed by atoms with Gasteiger partial charge in [-0.15, -0.1) is 11.3 Å². The van der Waals surface area contributed by atoms with Crippen molar-refractivity contribution in [2.75, 3.05) is 19.5 Å². The molecule has 0 saturated heterocycles. The summed E-state index contributed by atoms with van der Waals surface area (Å²) in [6.07, 6.45) is 1.84. The van der Waals surface area contributed by atoms with E-state index in [1.807, 2.05) is 44.4 Å². The van der Waals surface area contributed by atoms with Crippen LogP contribution in [0.2, 0.25) is 0 Å². The number of benzene rings is 1. The molecule has 0 fully saturated rings. The molecule has 0 atom stereocenters. The van der Waals surface area contributed by atoms with E-state index in [2.05, 4.69) is 19.7 Å². The van der Waals surface area contributed by atoms with Gasteiger partial charge in [-0.3, -0.25) is 4.40 Å². The molecule has 3 aromatic heterocycles. The minimum Gasteiger partial charge on any atom is -0.465 e. The lowest BCUT2D eigenvalue weighted by molar-refractivity contribution is 0.0601. The van der Waals surface area contributed by atoms with E-state index in [1.165, 1.54) is 7.11 Å². The predicted octanol–water partition coefficient (Wildman–Crippen LogP) is 3.75. The van der Waals surface area contributed by atoms with Crippen LogP contribution in [0.4, 0.5) is 5.82 Å². The fourth-order valence-corrected chi connectivity index (χ4v) is 4.02. The average Bonchev–Trinajstić information content (AvgIpc) is 3.24. The summed E-state index contributed by atoms with van der Waals surface area (Å²) in [6, 6.07) is 9.46. The number of thiophene rings is 1. The van der Waals surface area contributed by atoms with Crippen LogP contribution in [0, 0.1) is 6.92 Å². The number of aryl methyl sites for hydroxylation is 1. The number of fused-ring (bicyclic) bond motifs is 3. The third-order valence-electron chi connectivity index (χ3n) is 4.08. The number of hydrogen-bond acceptors (Lipinski definition) is 6. The maximum Gasteiger partial charge on any atom is 0.337 e. The maximum absolute atomic E-state index is 11.8. The summed E-state index contributed by atoms with van der Waals surface area (Å²) < 4.78 is 6.91. The van der Waals surface area contributed by atoms with E-state index >= 15 is 0 Å². The van der Waals surface area contributed by atoms with Gasteiger partial charge in [0.1, 0.15) is 10.3 Å². The van der Waals surface area contributed by atoms with Crippen molar-refractivity contribution >= 4 is 39.1 Å². The van der Waals surface area contributed by atoms with Crippen LogP contribution in [-0.4, -0.2) is 34.5 Å². The second-order valence-corrected chi connectivity index (χ2v) is 6.67. The topological polar surface area (TPSA) is 68.5 Å². The Morgan fingerprint density at radius 3 is 2.92 bits per heavy atom. The largest absolute Gasteiger partial charge is 0.465 e. The minimum absolute atomic E-state index is 0.341. The van der Waals surface area contributed by atoms with E-state index < -0.39 is 0 Å². The number of imidazole rings is 1. The first-order chi connectivity index (χ1) is 12.1. The smallest absolute Gasteiger partial charge is 0.337 e. The Hall–Kier alpha value is -2.93. The van der Waals surface area contributed by atoms with Crippen molar-refractivity contribution in [3.63, 3.8) is 0 Å². The fourth-order valence-electron chi connectivity index (χ4n) is 2.87. The molecular formula is C18H16N4O2S. The van der Waals surface area contributed by atoms with Gasteiger partial charge in [0.15, 0.2) is 11.5 Å².